The fraction of sp³-hybridized carbons (Fsp3) is 0.409. The Kier molecular flexibility index (Phi) is 6.79. The van der Waals surface area contributed by atoms with Gasteiger partial charge in [-0.3, -0.25) is 4.79 Å². The van der Waals surface area contributed by atoms with Crippen molar-refractivity contribution in [3.05, 3.63) is 65.2 Å². The summed E-state index contributed by atoms with van der Waals surface area (Å²) in [5.74, 6) is -0.134. The van der Waals surface area contributed by atoms with Crippen LogP contribution in [0.5, 0.6) is 5.75 Å². The lowest BCUT2D eigenvalue weighted by Gasteiger charge is -2.28. The summed E-state index contributed by atoms with van der Waals surface area (Å²) in [5.41, 5.74) is 5.85. The van der Waals surface area contributed by atoms with Gasteiger partial charge in [-0.1, -0.05) is 18.6 Å². The van der Waals surface area contributed by atoms with Crippen molar-refractivity contribution in [3.8, 4) is 5.75 Å². The lowest BCUT2D eigenvalue weighted by atomic mass is 10.0. The molecule has 0 aliphatic carbocycles. The Morgan fingerprint density at radius 2 is 1.62 bits per heavy atom. The van der Waals surface area contributed by atoms with E-state index in [9.17, 15) is 18.0 Å². The number of likely N-dealkylation sites (tertiary alicyclic amines) is 1. The number of nitrogens with zero attached hydrogens (tertiary/aromatic N) is 1. The molecular formula is C22H25F3N2O2. The maximum atomic E-state index is 12.8. The molecule has 1 atom stereocenters. The number of benzene rings is 2. The molecule has 0 saturated carbocycles. The minimum Gasteiger partial charge on any atom is -0.486 e. The number of alkyl halides is 3. The first-order valence-corrected chi connectivity index (χ1v) is 9.79. The van der Waals surface area contributed by atoms with Crippen molar-refractivity contribution in [2.75, 3.05) is 19.6 Å². The van der Waals surface area contributed by atoms with Crippen LogP contribution in [0.2, 0.25) is 0 Å². The summed E-state index contributed by atoms with van der Waals surface area (Å²) in [6.45, 7) is 2.93. The third-order valence-electron chi connectivity index (χ3n) is 5.18. The number of carbonyl (C=O) groups is 1. The second-order valence-corrected chi connectivity index (χ2v) is 7.31. The van der Waals surface area contributed by atoms with Gasteiger partial charge >= 0.3 is 6.18 Å². The molecule has 156 valence electrons. The second kappa shape index (κ2) is 9.31. The number of piperidine rings is 1. The van der Waals surface area contributed by atoms with Crippen molar-refractivity contribution in [1.82, 2.24) is 4.90 Å². The molecule has 0 aromatic heterocycles. The van der Waals surface area contributed by atoms with Gasteiger partial charge in [0.15, 0.2) is 0 Å². The van der Waals surface area contributed by atoms with E-state index in [-0.39, 0.29) is 6.10 Å². The maximum Gasteiger partial charge on any atom is 0.416 e. The van der Waals surface area contributed by atoms with Crippen molar-refractivity contribution in [2.45, 2.75) is 38.0 Å². The highest BCUT2D eigenvalue weighted by Crippen LogP contribution is 2.32. The van der Waals surface area contributed by atoms with Gasteiger partial charge in [0.1, 0.15) is 11.9 Å². The highest BCUT2D eigenvalue weighted by molar-refractivity contribution is 5.92. The van der Waals surface area contributed by atoms with Gasteiger partial charge in [0.05, 0.1) is 5.56 Å². The summed E-state index contributed by atoms with van der Waals surface area (Å²) >= 11 is 0. The van der Waals surface area contributed by atoms with Crippen LogP contribution in [0.15, 0.2) is 48.5 Å². The van der Waals surface area contributed by atoms with E-state index in [1.807, 2.05) is 0 Å². The van der Waals surface area contributed by atoms with Crippen LogP contribution in [0.3, 0.4) is 0 Å². The van der Waals surface area contributed by atoms with Crippen LogP contribution in [0.25, 0.3) is 0 Å². The minimum atomic E-state index is -4.38. The van der Waals surface area contributed by atoms with Crippen LogP contribution in [0.4, 0.5) is 13.2 Å². The number of carbonyl (C=O) groups excluding carboxylic acids is 1. The molecule has 0 spiro atoms. The Morgan fingerprint density at radius 3 is 2.17 bits per heavy atom. The summed E-state index contributed by atoms with van der Waals surface area (Å²) in [6.07, 6.45) is -0.421. The number of hydrogen-bond acceptors (Lipinski definition) is 3. The fourth-order valence-electron chi connectivity index (χ4n) is 3.53. The molecule has 1 aliphatic rings. The van der Waals surface area contributed by atoms with E-state index in [0.717, 1.165) is 37.3 Å². The predicted octanol–water partition coefficient (Wildman–Crippen LogP) is 4.80. The topological polar surface area (TPSA) is 55.6 Å². The van der Waals surface area contributed by atoms with Crippen molar-refractivity contribution in [3.63, 3.8) is 0 Å². The van der Waals surface area contributed by atoms with Gasteiger partial charge in [-0.15, -0.1) is 0 Å². The first-order chi connectivity index (χ1) is 13.8. The zero-order valence-electron chi connectivity index (χ0n) is 16.1. The smallest absolute Gasteiger partial charge is 0.416 e. The van der Waals surface area contributed by atoms with Crippen LogP contribution in [0.1, 0.15) is 53.3 Å². The van der Waals surface area contributed by atoms with E-state index >= 15 is 0 Å². The van der Waals surface area contributed by atoms with Crippen molar-refractivity contribution in [1.29, 1.82) is 0 Å². The molecule has 1 aliphatic heterocycles. The van der Waals surface area contributed by atoms with Gasteiger partial charge in [-0.2, -0.15) is 13.2 Å². The predicted molar refractivity (Wildman–Crippen MR) is 105 cm³/mol. The zero-order chi connectivity index (χ0) is 20.9. The SMILES string of the molecule is NC(=O)c1ccc(C(CCN2CCCCC2)Oc2ccc(C(F)(F)F)cc2)cc1. The molecule has 3 rings (SSSR count). The Hall–Kier alpha value is -2.54. The summed E-state index contributed by atoms with van der Waals surface area (Å²) < 4.78 is 44.4. The quantitative estimate of drug-likeness (QED) is 0.719. The summed E-state index contributed by atoms with van der Waals surface area (Å²) in [5, 5.41) is 0. The van der Waals surface area contributed by atoms with E-state index in [4.69, 9.17) is 10.5 Å². The molecule has 1 fully saturated rings. The molecule has 1 unspecified atom stereocenters. The van der Waals surface area contributed by atoms with Crippen molar-refractivity contribution >= 4 is 5.91 Å². The van der Waals surface area contributed by atoms with Gasteiger partial charge in [0.25, 0.3) is 0 Å². The molecule has 0 bridgehead atoms. The van der Waals surface area contributed by atoms with Crippen LogP contribution in [-0.2, 0) is 6.18 Å². The normalized spacial score (nSPS) is 16.4. The largest absolute Gasteiger partial charge is 0.486 e. The molecule has 4 nitrogen and oxygen atoms in total. The fourth-order valence-corrected chi connectivity index (χ4v) is 3.53. The van der Waals surface area contributed by atoms with Crippen molar-refractivity contribution < 1.29 is 22.7 Å². The highest BCUT2D eigenvalue weighted by Gasteiger charge is 2.30. The maximum absolute atomic E-state index is 12.8. The van der Waals surface area contributed by atoms with Gasteiger partial charge in [-0.25, -0.2) is 0 Å². The Balaban J connectivity index is 1.74. The molecule has 0 radical (unpaired) electrons. The number of rotatable bonds is 7. The Labute approximate surface area is 168 Å². The first-order valence-electron chi connectivity index (χ1n) is 9.79. The number of primary amides is 1. The van der Waals surface area contributed by atoms with Gasteiger partial charge in [0.2, 0.25) is 5.91 Å². The standard InChI is InChI=1S/C22H25F3N2O2/c23-22(24,25)18-8-10-19(11-9-18)29-20(12-15-27-13-2-1-3-14-27)16-4-6-17(7-5-16)21(26)28/h4-11,20H,1-3,12-15H2,(H2,26,28). The van der Waals surface area contributed by atoms with E-state index in [2.05, 4.69) is 4.90 Å². The molecule has 2 aromatic carbocycles. The minimum absolute atomic E-state index is 0.337. The lowest BCUT2D eigenvalue weighted by Crippen LogP contribution is -2.31. The van der Waals surface area contributed by atoms with Crippen LogP contribution in [-0.4, -0.2) is 30.4 Å². The highest BCUT2D eigenvalue weighted by atomic mass is 19.4. The number of halogens is 3. The molecule has 7 heteroatoms. The lowest BCUT2D eigenvalue weighted by molar-refractivity contribution is -0.137. The van der Waals surface area contributed by atoms with Crippen LogP contribution < -0.4 is 10.5 Å². The molecule has 2 aromatic rings. The van der Waals surface area contributed by atoms with Gasteiger partial charge < -0.3 is 15.4 Å². The molecule has 1 amide bonds. The average Bonchev–Trinajstić information content (AvgIpc) is 2.71. The molecule has 2 N–H and O–H groups in total. The molecular weight excluding hydrogens is 381 g/mol. The second-order valence-electron chi connectivity index (χ2n) is 7.31. The average molecular weight is 406 g/mol. The van der Waals surface area contributed by atoms with E-state index in [1.54, 1.807) is 24.3 Å². The Bertz CT molecular complexity index is 798. The summed E-state index contributed by atoms with van der Waals surface area (Å²) in [7, 11) is 0. The first kappa shape index (κ1) is 21.2. The van der Waals surface area contributed by atoms with E-state index in [1.165, 1.54) is 31.4 Å². The van der Waals surface area contributed by atoms with Crippen molar-refractivity contribution in [2.24, 2.45) is 5.73 Å². The molecule has 29 heavy (non-hydrogen) atoms. The number of nitrogens with two attached hydrogens (primary N) is 1. The number of amides is 1. The number of hydrogen-bond donors (Lipinski definition) is 1. The van der Waals surface area contributed by atoms with Gasteiger partial charge in [0, 0.05) is 18.5 Å². The summed E-state index contributed by atoms with van der Waals surface area (Å²) in [4.78, 5) is 13.7. The van der Waals surface area contributed by atoms with Crippen LogP contribution >= 0.6 is 0 Å². The summed E-state index contributed by atoms with van der Waals surface area (Å²) in [6, 6.07) is 11.6. The molecule has 1 heterocycles. The third-order valence-corrected chi connectivity index (χ3v) is 5.18. The van der Waals surface area contributed by atoms with E-state index in [0.29, 0.717) is 17.7 Å². The van der Waals surface area contributed by atoms with E-state index < -0.39 is 17.6 Å². The zero-order valence-corrected chi connectivity index (χ0v) is 16.1. The van der Waals surface area contributed by atoms with Crippen LogP contribution in [0, 0.1) is 0 Å². The third kappa shape index (κ3) is 5.97. The number of ether oxygens (including phenoxy) is 1. The monoisotopic (exact) mass is 406 g/mol. The van der Waals surface area contributed by atoms with Gasteiger partial charge in [-0.05, 0) is 67.9 Å². The Morgan fingerprint density at radius 1 is 1.00 bits per heavy atom. The molecule has 1 saturated heterocycles.